The van der Waals surface area contributed by atoms with Gasteiger partial charge in [0, 0.05) is 38.2 Å². The van der Waals surface area contributed by atoms with Gasteiger partial charge in [-0.15, -0.1) is 0 Å². The van der Waals surface area contributed by atoms with Crippen molar-refractivity contribution in [3.8, 4) is 5.69 Å². The van der Waals surface area contributed by atoms with Crippen LogP contribution in [0.1, 0.15) is 24.0 Å². The maximum Gasteiger partial charge on any atom is 0.276 e. The quantitative estimate of drug-likeness (QED) is 0.710. The van der Waals surface area contributed by atoms with Crippen molar-refractivity contribution in [3.05, 3.63) is 70.2 Å². The molecular formula is C20H27N5O. The number of nitrogens with zero attached hydrogens (tertiary/aromatic N) is 4. The van der Waals surface area contributed by atoms with E-state index in [4.69, 9.17) is 0 Å². The zero-order chi connectivity index (χ0) is 18.7. The van der Waals surface area contributed by atoms with Crippen molar-refractivity contribution < 1.29 is 0 Å². The lowest BCUT2D eigenvalue weighted by Gasteiger charge is -2.14. The van der Waals surface area contributed by atoms with Crippen LogP contribution in [0.2, 0.25) is 0 Å². The molecule has 0 spiro atoms. The first-order chi connectivity index (χ1) is 12.5. The molecule has 0 saturated heterocycles. The van der Waals surface area contributed by atoms with E-state index in [1.807, 2.05) is 68.3 Å². The van der Waals surface area contributed by atoms with Gasteiger partial charge in [0.1, 0.15) is 5.82 Å². The molecule has 1 N–H and O–H groups in total. The molecule has 138 valence electrons. The van der Waals surface area contributed by atoms with Gasteiger partial charge in [0.2, 0.25) is 0 Å². The standard InChI is InChI=1S/C20H27N5O/c1-15(14-24-11-10-22-17(24)3)12-21-13-19-16(2)23(4)25(20(19)26)18-8-6-5-7-9-18/h5-11,15,21H,12-14H2,1-4H3. The van der Waals surface area contributed by atoms with E-state index in [0.29, 0.717) is 12.5 Å². The van der Waals surface area contributed by atoms with E-state index < -0.39 is 0 Å². The van der Waals surface area contributed by atoms with Gasteiger partial charge in [-0.25, -0.2) is 9.67 Å². The number of hydrogen-bond donors (Lipinski definition) is 1. The molecular weight excluding hydrogens is 326 g/mol. The summed E-state index contributed by atoms with van der Waals surface area (Å²) in [5, 5.41) is 3.45. The summed E-state index contributed by atoms with van der Waals surface area (Å²) in [6.07, 6.45) is 3.83. The Kier molecular flexibility index (Phi) is 5.42. The van der Waals surface area contributed by atoms with E-state index in [1.165, 1.54) is 0 Å². The molecule has 1 aromatic carbocycles. The van der Waals surface area contributed by atoms with Crippen molar-refractivity contribution >= 4 is 0 Å². The Morgan fingerprint density at radius 3 is 2.58 bits per heavy atom. The molecule has 3 aromatic rings. The molecule has 0 amide bonds. The number of rotatable bonds is 7. The predicted octanol–water partition coefficient (Wildman–Crippen LogP) is 2.42. The fourth-order valence-electron chi connectivity index (χ4n) is 3.27. The van der Waals surface area contributed by atoms with Crippen LogP contribution in [0.25, 0.3) is 5.69 Å². The van der Waals surface area contributed by atoms with Crippen LogP contribution in [0.5, 0.6) is 0 Å². The average Bonchev–Trinajstić information content (AvgIpc) is 3.12. The normalized spacial score (nSPS) is 12.5. The second-order valence-corrected chi connectivity index (χ2v) is 6.90. The predicted molar refractivity (Wildman–Crippen MR) is 104 cm³/mol. The fraction of sp³-hybridized carbons (Fsp3) is 0.400. The van der Waals surface area contributed by atoms with E-state index >= 15 is 0 Å². The van der Waals surface area contributed by atoms with Crippen LogP contribution < -0.4 is 10.9 Å². The van der Waals surface area contributed by atoms with Crippen molar-refractivity contribution in [3.63, 3.8) is 0 Å². The third-order valence-corrected chi connectivity index (χ3v) is 4.90. The lowest BCUT2D eigenvalue weighted by atomic mass is 10.1. The highest BCUT2D eigenvalue weighted by Crippen LogP contribution is 2.10. The van der Waals surface area contributed by atoms with Crippen LogP contribution in [0.15, 0.2) is 47.5 Å². The van der Waals surface area contributed by atoms with Gasteiger partial charge in [-0.05, 0) is 38.4 Å². The molecule has 0 bridgehead atoms. The van der Waals surface area contributed by atoms with Gasteiger partial charge in [-0.3, -0.25) is 9.48 Å². The second kappa shape index (κ2) is 7.74. The number of benzene rings is 1. The summed E-state index contributed by atoms with van der Waals surface area (Å²) in [6.45, 7) is 8.55. The van der Waals surface area contributed by atoms with Crippen LogP contribution in [0.4, 0.5) is 0 Å². The average molecular weight is 353 g/mol. The summed E-state index contributed by atoms with van der Waals surface area (Å²) >= 11 is 0. The summed E-state index contributed by atoms with van der Waals surface area (Å²) < 4.78 is 5.81. The molecule has 0 saturated carbocycles. The Labute approximate surface area is 154 Å². The number of aromatic nitrogens is 4. The van der Waals surface area contributed by atoms with Crippen molar-refractivity contribution in [2.75, 3.05) is 6.54 Å². The first-order valence-electron chi connectivity index (χ1n) is 9.00. The smallest absolute Gasteiger partial charge is 0.276 e. The lowest BCUT2D eigenvalue weighted by Crippen LogP contribution is -2.27. The third kappa shape index (κ3) is 3.65. The first-order valence-corrected chi connectivity index (χ1v) is 9.00. The van der Waals surface area contributed by atoms with Crippen LogP contribution in [0.3, 0.4) is 0 Å². The summed E-state index contributed by atoms with van der Waals surface area (Å²) in [5.74, 6) is 1.48. The number of aryl methyl sites for hydroxylation is 1. The van der Waals surface area contributed by atoms with Gasteiger partial charge in [-0.2, -0.15) is 0 Å². The second-order valence-electron chi connectivity index (χ2n) is 6.90. The minimum absolute atomic E-state index is 0.0433. The SMILES string of the molecule is Cc1nccn1CC(C)CNCc1c(C)n(C)n(-c2ccccc2)c1=O. The lowest BCUT2D eigenvalue weighted by molar-refractivity contribution is 0.439. The molecule has 1 atom stereocenters. The molecule has 0 fully saturated rings. The van der Waals surface area contributed by atoms with Gasteiger partial charge in [0.05, 0.1) is 11.3 Å². The Morgan fingerprint density at radius 1 is 1.19 bits per heavy atom. The summed E-state index contributed by atoms with van der Waals surface area (Å²) in [7, 11) is 1.93. The summed E-state index contributed by atoms with van der Waals surface area (Å²) in [5.41, 5.74) is 2.74. The number of hydrogen-bond acceptors (Lipinski definition) is 3. The third-order valence-electron chi connectivity index (χ3n) is 4.90. The van der Waals surface area contributed by atoms with Crippen LogP contribution in [-0.2, 0) is 20.1 Å². The number of para-hydroxylation sites is 1. The zero-order valence-corrected chi connectivity index (χ0v) is 15.9. The highest BCUT2D eigenvalue weighted by Gasteiger charge is 2.16. The summed E-state index contributed by atoms with van der Waals surface area (Å²) in [4.78, 5) is 17.1. The van der Waals surface area contributed by atoms with E-state index in [9.17, 15) is 4.79 Å². The van der Waals surface area contributed by atoms with Crippen molar-refractivity contribution in [2.24, 2.45) is 13.0 Å². The Morgan fingerprint density at radius 2 is 1.92 bits per heavy atom. The van der Waals surface area contributed by atoms with Gasteiger partial charge in [0.25, 0.3) is 5.56 Å². The number of nitrogens with one attached hydrogen (secondary N) is 1. The molecule has 3 rings (SSSR count). The van der Waals surface area contributed by atoms with E-state index in [2.05, 4.69) is 21.8 Å². The van der Waals surface area contributed by atoms with Gasteiger partial charge >= 0.3 is 0 Å². The molecule has 6 heteroatoms. The minimum Gasteiger partial charge on any atom is -0.335 e. The summed E-state index contributed by atoms with van der Waals surface area (Å²) in [6, 6.07) is 9.75. The highest BCUT2D eigenvalue weighted by atomic mass is 16.1. The van der Waals surface area contributed by atoms with Crippen molar-refractivity contribution in [1.29, 1.82) is 0 Å². The largest absolute Gasteiger partial charge is 0.335 e. The maximum absolute atomic E-state index is 12.9. The van der Waals surface area contributed by atoms with Gasteiger partial charge in [-0.1, -0.05) is 25.1 Å². The van der Waals surface area contributed by atoms with Gasteiger partial charge < -0.3 is 9.88 Å². The minimum atomic E-state index is 0.0433. The molecule has 2 heterocycles. The Bertz CT molecular complexity index is 920. The zero-order valence-electron chi connectivity index (χ0n) is 15.9. The molecule has 1 unspecified atom stereocenters. The van der Waals surface area contributed by atoms with Crippen LogP contribution in [0, 0.1) is 19.8 Å². The molecule has 0 aliphatic carbocycles. The van der Waals surface area contributed by atoms with Crippen molar-refractivity contribution in [1.82, 2.24) is 24.2 Å². The topological polar surface area (TPSA) is 56.8 Å². The Hall–Kier alpha value is -2.60. The molecule has 26 heavy (non-hydrogen) atoms. The molecule has 2 aromatic heterocycles. The first kappa shape index (κ1) is 18.2. The van der Waals surface area contributed by atoms with Crippen molar-refractivity contribution in [2.45, 2.75) is 33.9 Å². The monoisotopic (exact) mass is 353 g/mol. The van der Waals surface area contributed by atoms with Crippen LogP contribution >= 0.6 is 0 Å². The number of imidazole rings is 1. The molecule has 6 nitrogen and oxygen atoms in total. The fourth-order valence-corrected chi connectivity index (χ4v) is 3.27. The molecule has 0 aliphatic rings. The van der Waals surface area contributed by atoms with E-state index in [-0.39, 0.29) is 5.56 Å². The van der Waals surface area contributed by atoms with Crippen LogP contribution in [-0.4, -0.2) is 25.5 Å². The van der Waals surface area contributed by atoms with E-state index in [1.54, 1.807) is 4.68 Å². The molecule has 0 aliphatic heterocycles. The maximum atomic E-state index is 12.9. The highest BCUT2D eigenvalue weighted by molar-refractivity contribution is 5.33. The molecule has 0 radical (unpaired) electrons. The van der Waals surface area contributed by atoms with E-state index in [0.717, 1.165) is 35.9 Å². The Balaban J connectivity index is 1.67. The van der Waals surface area contributed by atoms with Gasteiger partial charge in [0.15, 0.2) is 0 Å².